The van der Waals surface area contributed by atoms with Crippen LogP contribution in [0.1, 0.15) is 53.4 Å². The summed E-state index contributed by atoms with van der Waals surface area (Å²) in [5, 5.41) is 0. The van der Waals surface area contributed by atoms with Gasteiger partial charge in [0.2, 0.25) is 0 Å². The molecule has 4 fully saturated rings. The standard InChI is InChI=1S/C18H26O2Te2/c1-17(2)9-5-7-11(17)15(13(9)19)21-22-16-12-8-6-10(14(16)20)18(12,3)4/h9-12,15-16H,5-8H2,1-4H3/t9-,10-,11+,12+,15-,16-/m0/s1. The van der Waals surface area contributed by atoms with E-state index in [4.69, 9.17) is 0 Å². The summed E-state index contributed by atoms with van der Waals surface area (Å²) in [6.45, 7) is 9.30. The van der Waals surface area contributed by atoms with Crippen molar-refractivity contribution in [3.63, 3.8) is 0 Å². The zero-order valence-electron chi connectivity index (χ0n) is 13.9. The molecule has 0 radical (unpaired) electrons. The van der Waals surface area contributed by atoms with Crippen molar-refractivity contribution in [2.45, 2.75) is 61.3 Å². The molecular weight excluding hydrogens is 503 g/mol. The van der Waals surface area contributed by atoms with E-state index in [1.54, 1.807) is 0 Å². The van der Waals surface area contributed by atoms with E-state index in [0.717, 1.165) is 12.8 Å². The number of fused-ring (bicyclic) bond motifs is 4. The van der Waals surface area contributed by atoms with E-state index in [9.17, 15) is 9.59 Å². The van der Waals surface area contributed by atoms with Gasteiger partial charge in [-0.2, -0.15) is 0 Å². The van der Waals surface area contributed by atoms with Crippen molar-refractivity contribution in [3.8, 4) is 0 Å². The van der Waals surface area contributed by atoms with Crippen molar-refractivity contribution in [2.24, 2.45) is 34.5 Å². The zero-order chi connectivity index (χ0) is 15.9. The average molecular weight is 530 g/mol. The Hall–Kier alpha value is 0.919. The Labute approximate surface area is 150 Å². The Morgan fingerprint density at radius 3 is 1.36 bits per heavy atom. The van der Waals surface area contributed by atoms with Gasteiger partial charge < -0.3 is 0 Å². The Morgan fingerprint density at radius 1 is 0.727 bits per heavy atom. The fourth-order valence-corrected chi connectivity index (χ4v) is 25.0. The number of carbonyl (C=O) groups is 2. The molecule has 4 saturated carbocycles. The third kappa shape index (κ3) is 2.03. The summed E-state index contributed by atoms with van der Waals surface area (Å²) in [6.07, 6.45) is 4.84. The third-order valence-electron chi connectivity index (χ3n) is 7.48. The van der Waals surface area contributed by atoms with Crippen LogP contribution in [-0.2, 0) is 9.59 Å². The molecule has 0 aromatic carbocycles. The first kappa shape index (κ1) is 16.4. The van der Waals surface area contributed by atoms with E-state index < -0.39 is 0 Å². The number of ketones is 2. The van der Waals surface area contributed by atoms with E-state index in [0.29, 0.717) is 43.2 Å². The number of Topliss-reactive ketones (excluding diaryl/α,β-unsaturated/α-hetero) is 2. The second-order valence-electron chi connectivity index (χ2n) is 8.95. The first-order valence-electron chi connectivity index (χ1n) is 8.66. The molecule has 4 aliphatic carbocycles. The minimum atomic E-state index is -0.236. The Kier molecular flexibility index (Phi) is 3.88. The van der Waals surface area contributed by atoms with Crippen LogP contribution in [0, 0.1) is 34.5 Å². The Balaban J connectivity index is 1.47. The molecule has 4 rings (SSSR count). The monoisotopic (exact) mass is 534 g/mol. The normalized spacial score (nSPS) is 47.6. The van der Waals surface area contributed by atoms with Crippen molar-refractivity contribution in [3.05, 3.63) is 0 Å². The number of hydrogen-bond acceptors (Lipinski definition) is 2. The molecule has 0 spiro atoms. The van der Waals surface area contributed by atoms with Gasteiger partial charge in [0.1, 0.15) is 0 Å². The van der Waals surface area contributed by atoms with Gasteiger partial charge in [-0.25, -0.2) is 0 Å². The van der Waals surface area contributed by atoms with Crippen LogP contribution in [0.5, 0.6) is 0 Å². The van der Waals surface area contributed by atoms with Crippen molar-refractivity contribution in [2.75, 3.05) is 0 Å². The van der Waals surface area contributed by atoms with Gasteiger partial charge in [0.25, 0.3) is 0 Å². The summed E-state index contributed by atoms with van der Waals surface area (Å²) in [5.41, 5.74) is 0.523. The number of hydrogen-bond donors (Lipinski definition) is 0. The van der Waals surface area contributed by atoms with Crippen molar-refractivity contribution < 1.29 is 9.59 Å². The van der Waals surface area contributed by atoms with Crippen molar-refractivity contribution in [1.82, 2.24) is 0 Å². The van der Waals surface area contributed by atoms with E-state index in [1.807, 2.05) is 0 Å². The van der Waals surface area contributed by atoms with E-state index in [2.05, 4.69) is 27.7 Å². The zero-order valence-corrected chi connectivity index (χ0v) is 18.6. The van der Waals surface area contributed by atoms with Crippen LogP contribution in [0.4, 0.5) is 0 Å². The molecule has 22 heavy (non-hydrogen) atoms. The van der Waals surface area contributed by atoms with Gasteiger partial charge in [0.15, 0.2) is 0 Å². The van der Waals surface area contributed by atoms with Gasteiger partial charge in [-0.1, -0.05) is 0 Å². The Morgan fingerprint density at radius 2 is 1.09 bits per heavy atom. The molecule has 0 heterocycles. The molecule has 4 heteroatoms. The molecule has 0 aliphatic heterocycles. The fourth-order valence-electron chi connectivity index (χ4n) is 5.94. The Bertz CT molecular complexity index is 491. The molecule has 0 aromatic heterocycles. The first-order chi connectivity index (χ1) is 10.3. The summed E-state index contributed by atoms with van der Waals surface area (Å²) >= 11 is -0.472. The predicted molar refractivity (Wildman–Crippen MR) is 89.0 cm³/mol. The van der Waals surface area contributed by atoms with Crippen LogP contribution >= 0.6 is 0 Å². The molecule has 0 saturated heterocycles. The second kappa shape index (κ2) is 5.21. The molecular formula is C18H26O2Te2. The number of rotatable bonds is 3. The summed E-state index contributed by atoms with van der Waals surface area (Å²) in [5.74, 6) is 3.27. The first-order valence-corrected chi connectivity index (χ1v) is 18.7. The summed E-state index contributed by atoms with van der Waals surface area (Å²) in [7, 11) is 0. The third-order valence-corrected chi connectivity index (χ3v) is 22.3. The molecule has 4 aliphatic rings. The van der Waals surface area contributed by atoms with Gasteiger partial charge in [0, 0.05) is 0 Å². The van der Waals surface area contributed by atoms with Crippen LogP contribution in [0.2, 0.25) is 7.93 Å². The van der Waals surface area contributed by atoms with E-state index >= 15 is 0 Å². The molecule has 122 valence electrons. The SMILES string of the molecule is CC1(C)[C@@H]2CC[C@H]1C(=O)[C@H]2[Te][Te][C@@H]1C(=O)[C@@H]2CC[C@H]1C2(C)C. The maximum absolute atomic E-state index is 12.7. The fraction of sp³-hybridized carbons (Fsp3) is 0.889. The minimum absolute atomic E-state index is 0.236. The summed E-state index contributed by atoms with van der Waals surface area (Å²) < 4.78 is 0.883. The molecule has 0 unspecified atom stereocenters. The van der Waals surface area contributed by atoms with E-state index in [1.165, 1.54) is 12.8 Å². The van der Waals surface area contributed by atoms with Crippen molar-refractivity contribution in [1.29, 1.82) is 0 Å². The molecule has 6 atom stereocenters. The van der Waals surface area contributed by atoms with Gasteiger partial charge in [0.05, 0.1) is 0 Å². The topological polar surface area (TPSA) is 34.1 Å². The van der Waals surface area contributed by atoms with Gasteiger partial charge in [-0.3, -0.25) is 0 Å². The van der Waals surface area contributed by atoms with Crippen molar-refractivity contribution >= 4 is 45.7 Å². The summed E-state index contributed by atoms with van der Waals surface area (Å²) in [6, 6.07) is 0. The molecule has 2 nitrogen and oxygen atoms in total. The van der Waals surface area contributed by atoms with Gasteiger partial charge in [-0.15, -0.1) is 0 Å². The molecule has 0 N–H and O–H groups in total. The maximum atomic E-state index is 12.7. The van der Waals surface area contributed by atoms with E-state index in [-0.39, 0.29) is 44.9 Å². The van der Waals surface area contributed by atoms with Crippen LogP contribution in [0.25, 0.3) is 0 Å². The molecule has 0 amide bonds. The van der Waals surface area contributed by atoms with Crippen LogP contribution < -0.4 is 0 Å². The van der Waals surface area contributed by atoms with Gasteiger partial charge in [-0.05, 0) is 0 Å². The van der Waals surface area contributed by atoms with Gasteiger partial charge >= 0.3 is 151 Å². The molecule has 4 bridgehead atoms. The van der Waals surface area contributed by atoms with Crippen LogP contribution in [-0.4, -0.2) is 45.7 Å². The second-order valence-corrected chi connectivity index (χ2v) is 20.3. The summed E-state index contributed by atoms with van der Waals surface area (Å²) in [4.78, 5) is 25.4. The van der Waals surface area contributed by atoms with Crippen LogP contribution in [0.3, 0.4) is 0 Å². The average Bonchev–Trinajstić information content (AvgIpc) is 3.01. The quantitative estimate of drug-likeness (QED) is 0.527. The van der Waals surface area contributed by atoms with Crippen LogP contribution in [0.15, 0.2) is 0 Å². The molecule has 0 aromatic rings. The number of carbonyl (C=O) groups excluding carboxylic acids is 2. The predicted octanol–water partition coefficient (Wildman–Crippen LogP) is 3.16.